The second-order valence-electron chi connectivity index (χ2n) is 8.83. The fraction of sp³-hybridized carbons (Fsp3) is 0.231. The van der Waals surface area contributed by atoms with Crippen molar-refractivity contribution in [3.63, 3.8) is 0 Å². The predicted octanol–water partition coefficient (Wildman–Crippen LogP) is 7.42. The highest BCUT2D eigenvalue weighted by molar-refractivity contribution is 5.85. The first kappa shape index (κ1) is 25.1. The van der Waals surface area contributed by atoms with Crippen molar-refractivity contribution in [3.05, 3.63) is 82.9 Å². The second-order valence-corrected chi connectivity index (χ2v) is 8.83. The Balaban J connectivity index is 0.00000324. The fourth-order valence-electron chi connectivity index (χ4n) is 3.57. The number of imidazole rings is 1. The van der Waals surface area contributed by atoms with Crippen molar-refractivity contribution in [3.8, 4) is 23.2 Å². The van der Waals surface area contributed by atoms with Gasteiger partial charge in [-0.15, -0.1) is 12.4 Å². The molecule has 0 bridgehead atoms. The molecule has 0 aliphatic carbocycles. The van der Waals surface area contributed by atoms with Gasteiger partial charge in [-0.05, 0) is 47.4 Å². The number of hydrogen-bond acceptors (Lipinski definition) is 3. The van der Waals surface area contributed by atoms with Crippen LogP contribution in [0, 0.1) is 11.3 Å². The van der Waals surface area contributed by atoms with Crippen LogP contribution in [0.25, 0.3) is 22.4 Å². The summed E-state index contributed by atoms with van der Waals surface area (Å²) in [6.07, 6.45) is -4.49. The van der Waals surface area contributed by atoms with E-state index in [0.717, 1.165) is 22.7 Å². The molecule has 4 aromatic rings. The lowest BCUT2D eigenvalue weighted by molar-refractivity contribution is -0.138. The molecule has 4 nitrogen and oxygen atoms in total. The van der Waals surface area contributed by atoms with Gasteiger partial charge in [0.15, 0.2) is 0 Å². The van der Waals surface area contributed by atoms with Crippen molar-refractivity contribution in [2.45, 2.75) is 39.0 Å². The van der Waals surface area contributed by atoms with E-state index in [0.29, 0.717) is 11.4 Å². The van der Waals surface area contributed by atoms with Crippen LogP contribution in [0.3, 0.4) is 0 Å². The molecule has 4 rings (SSSR count). The molecular formula is C26H23ClF3N3O. The molecule has 1 aromatic heterocycles. The van der Waals surface area contributed by atoms with Crippen molar-refractivity contribution >= 4 is 23.4 Å². The Morgan fingerprint density at radius 1 is 1.00 bits per heavy atom. The van der Waals surface area contributed by atoms with Gasteiger partial charge in [0, 0.05) is 11.1 Å². The molecule has 3 aromatic carbocycles. The van der Waals surface area contributed by atoms with Crippen LogP contribution in [0.4, 0.5) is 13.2 Å². The van der Waals surface area contributed by atoms with Crippen LogP contribution in [0.2, 0.25) is 0 Å². The largest absolute Gasteiger partial charge is 0.487 e. The van der Waals surface area contributed by atoms with Crippen molar-refractivity contribution in [2.24, 2.45) is 0 Å². The zero-order valence-electron chi connectivity index (χ0n) is 18.8. The number of halogens is 4. The molecule has 0 saturated carbocycles. The monoisotopic (exact) mass is 485 g/mol. The summed E-state index contributed by atoms with van der Waals surface area (Å²) in [5.41, 5.74) is 2.96. The number of aromatic nitrogens is 2. The van der Waals surface area contributed by atoms with Gasteiger partial charge >= 0.3 is 6.18 Å². The van der Waals surface area contributed by atoms with Crippen molar-refractivity contribution in [2.75, 3.05) is 0 Å². The first-order valence-electron chi connectivity index (χ1n) is 10.4. The standard InChI is InChI=1S/C26H22F3N3O.ClH/c1-25(2,3)19-10-11-21-22(13-19)32-24(31-21)16-8-9-17(14-30)23(12-16)33-15-18-6-4-5-7-20(18)26(27,28)29;/h4-13H,15H2,1-3H3,(H,31,32);1H. The molecule has 34 heavy (non-hydrogen) atoms. The van der Waals surface area contributed by atoms with E-state index < -0.39 is 11.7 Å². The number of nitrogens with one attached hydrogen (secondary N) is 1. The lowest BCUT2D eigenvalue weighted by Crippen LogP contribution is -2.11. The van der Waals surface area contributed by atoms with Crippen molar-refractivity contribution in [1.82, 2.24) is 9.97 Å². The maximum absolute atomic E-state index is 13.3. The van der Waals surface area contributed by atoms with Crippen LogP contribution in [0.1, 0.15) is 43.0 Å². The Morgan fingerprint density at radius 2 is 1.74 bits per heavy atom. The van der Waals surface area contributed by atoms with Gasteiger partial charge < -0.3 is 9.72 Å². The first-order valence-corrected chi connectivity index (χ1v) is 10.4. The first-order chi connectivity index (χ1) is 15.6. The third-order valence-corrected chi connectivity index (χ3v) is 5.43. The van der Waals surface area contributed by atoms with Crippen LogP contribution < -0.4 is 4.74 Å². The van der Waals surface area contributed by atoms with Gasteiger partial charge in [-0.1, -0.05) is 45.0 Å². The number of H-pyrrole nitrogens is 1. The Morgan fingerprint density at radius 3 is 2.41 bits per heavy atom. The Bertz CT molecular complexity index is 1360. The third kappa shape index (κ3) is 5.18. The SMILES string of the molecule is CC(C)(C)c1ccc2nc(-c3ccc(C#N)c(OCc4ccccc4C(F)(F)F)c3)[nH]c2c1.Cl. The number of benzene rings is 3. The summed E-state index contributed by atoms with van der Waals surface area (Å²) in [4.78, 5) is 7.92. The van der Waals surface area contributed by atoms with Crippen LogP contribution in [0.15, 0.2) is 60.7 Å². The minimum atomic E-state index is -4.49. The van der Waals surface area contributed by atoms with Gasteiger partial charge in [-0.2, -0.15) is 18.4 Å². The smallest absolute Gasteiger partial charge is 0.416 e. The number of rotatable bonds is 4. The van der Waals surface area contributed by atoms with Crippen LogP contribution in [-0.2, 0) is 18.2 Å². The summed E-state index contributed by atoms with van der Waals surface area (Å²) in [6.45, 7) is 6.08. The zero-order valence-corrected chi connectivity index (χ0v) is 19.6. The fourth-order valence-corrected chi connectivity index (χ4v) is 3.57. The lowest BCUT2D eigenvalue weighted by Gasteiger charge is -2.18. The predicted molar refractivity (Wildman–Crippen MR) is 128 cm³/mol. The highest BCUT2D eigenvalue weighted by atomic mass is 35.5. The summed E-state index contributed by atoms with van der Waals surface area (Å²) < 4.78 is 45.6. The summed E-state index contributed by atoms with van der Waals surface area (Å²) in [5.74, 6) is 0.781. The van der Waals surface area contributed by atoms with Crippen molar-refractivity contribution in [1.29, 1.82) is 5.26 Å². The highest BCUT2D eigenvalue weighted by Crippen LogP contribution is 2.34. The number of nitrogens with zero attached hydrogens (tertiary/aromatic N) is 2. The molecule has 0 saturated heterocycles. The normalized spacial score (nSPS) is 11.7. The van der Waals surface area contributed by atoms with Crippen LogP contribution >= 0.6 is 12.4 Å². The topological polar surface area (TPSA) is 61.7 Å². The van der Waals surface area contributed by atoms with E-state index in [2.05, 4.69) is 36.8 Å². The second kappa shape index (κ2) is 9.40. The van der Waals surface area contributed by atoms with E-state index in [1.807, 2.05) is 18.2 Å². The van der Waals surface area contributed by atoms with E-state index in [1.54, 1.807) is 18.2 Å². The Kier molecular flexibility index (Phi) is 6.94. The molecule has 0 atom stereocenters. The minimum absolute atomic E-state index is 0. The molecule has 176 valence electrons. The molecule has 8 heteroatoms. The molecule has 0 fully saturated rings. The average molecular weight is 486 g/mol. The molecule has 1 N–H and O–H groups in total. The van der Waals surface area contributed by atoms with E-state index in [9.17, 15) is 18.4 Å². The summed E-state index contributed by atoms with van der Waals surface area (Å²) in [6, 6.07) is 18.2. The average Bonchev–Trinajstić information content (AvgIpc) is 3.20. The van der Waals surface area contributed by atoms with Gasteiger partial charge in [0.2, 0.25) is 0 Å². The van der Waals surface area contributed by atoms with Crippen molar-refractivity contribution < 1.29 is 17.9 Å². The summed E-state index contributed by atoms with van der Waals surface area (Å²) in [7, 11) is 0. The molecule has 1 heterocycles. The minimum Gasteiger partial charge on any atom is -0.487 e. The number of hydrogen-bond donors (Lipinski definition) is 1. The van der Waals surface area contributed by atoms with Gasteiger partial charge in [0.05, 0.1) is 22.2 Å². The summed E-state index contributed by atoms with van der Waals surface area (Å²) >= 11 is 0. The summed E-state index contributed by atoms with van der Waals surface area (Å²) in [5, 5.41) is 9.45. The third-order valence-electron chi connectivity index (χ3n) is 5.43. The number of fused-ring (bicyclic) bond motifs is 1. The Labute approximate surface area is 201 Å². The van der Waals surface area contributed by atoms with Crippen LogP contribution in [0.5, 0.6) is 5.75 Å². The molecule has 0 aliphatic rings. The molecule has 0 radical (unpaired) electrons. The number of alkyl halides is 3. The molecule has 0 amide bonds. The van der Waals surface area contributed by atoms with Crippen LogP contribution in [-0.4, -0.2) is 9.97 Å². The number of ether oxygens (including phenoxy) is 1. The van der Waals surface area contributed by atoms with E-state index >= 15 is 0 Å². The van der Waals surface area contributed by atoms with E-state index in [-0.39, 0.29) is 41.3 Å². The molecule has 0 spiro atoms. The Hall–Kier alpha value is -3.50. The maximum Gasteiger partial charge on any atom is 0.416 e. The van der Waals surface area contributed by atoms with Gasteiger partial charge in [-0.3, -0.25) is 0 Å². The van der Waals surface area contributed by atoms with Gasteiger partial charge in [0.25, 0.3) is 0 Å². The molecular weight excluding hydrogens is 463 g/mol. The number of nitriles is 1. The quantitative estimate of drug-likeness (QED) is 0.327. The van der Waals surface area contributed by atoms with Gasteiger partial charge in [0.1, 0.15) is 24.3 Å². The van der Waals surface area contributed by atoms with Gasteiger partial charge in [-0.25, -0.2) is 4.98 Å². The molecule has 0 unspecified atom stereocenters. The molecule has 0 aliphatic heterocycles. The lowest BCUT2D eigenvalue weighted by atomic mass is 9.87. The highest BCUT2D eigenvalue weighted by Gasteiger charge is 2.33. The van der Waals surface area contributed by atoms with E-state index in [1.165, 1.54) is 18.2 Å². The van der Waals surface area contributed by atoms with E-state index in [4.69, 9.17) is 4.74 Å². The number of aromatic amines is 1. The zero-order chi connectivity index (χ0) is 23.8. The maximum atomic E-state index is 13.3.